The van der Waals surface area contributed by atoms with Gasteiger partial charge in [-0.05, 0) is 37.0 Å². The number of carboxylic acids is 1. The van der Waals surface area contributed by atoms with Gasteiger partial charge in [0.05, 0.1) is 0 Å². The second kappa shape index (κ2) is 7.64. The van der Waals surface area contributed by atoms with E-state index in [2.05, 4.69) is 0 Å². The molecule has 0 aliphatic carbocycles. The van der Waals surface area contributed by atoms with E-state index in [0.717, 1.165) is 25.5 Å². The Morgan fingerprint density at radius 1 is 1.20 bits per heavy atom. The second-order valence-corrected chi connectivity index (χ2v) is 7.55. The van der Waals surface area contributed by atoms with Gasteiger partial charge in [-0.2, -0.15) is 0 Å². The number of halogens is 1. The summed E-state index contributed by atoms with van der Waals surface area (Å²) < 4.78 is 22.6. The molecule has 0 aliphatic heterocycles. The molecule has 0 saturated carbocycles. The molecule has 0 radical (unpaired) electrons. The van der Waals surface area contributed by atoms with Crippen LogP contribution in [0.4, 0.5) is 0 Å². The van der Waals surface area contributed by atoms with E-state index in [1.807, 2.05) is 24.3 Å². The summed E-state index contributed by atoms with van der Waals surface area (Å²) in [5.41, 5.74) is 1.17. The molecule has 0 spiro atoms. The molecule has 1 rings (SSSR count). The van der Waals surface area contributed by atoms with Gasteiger partial charge >= 0.3 is 5.97 Å². The fourth-order valence-corrected chi connectivity index (χ4v) is 3.09. The Labute approximate surface area is 124 Å². The molecule has 1 N–H and O–H groups in total. The van der Waals surface area contributed by atoms with Gasteiger partial charge < -0.3 is 5.11 Å². The zero-order valence-corrected chi connectivity index (χ0v) is 13.0. The van der Waals surface area contributed by atoms with Crippen molar-refractivity contribution in [2.75, 3.05) is 6.26 Å². The van der Waals surface area contributed by atoms with Gasteiger partial charge in [0, 0.05) is 11.3 Å². The van der Waals surface area contributed by atoms with Crippen LogP contribution in [0.15, 0.2) is 24.3 Å². The van der Waals surface area contributed by atoms with Crippen LogP contribution in [0.1, 0.15) is 31.2 Å². The molecule has 0 bridgehead atoms. The Morgan fingerprint density at radius 2 is 1.80 bits per heavy atom. The summed E-state index contributed by atoms with van der Waals surface area (Å²) in [6, 6.07) is 7.58. The van der Waals surface area contributed by atoms with Crippen molar-refractivity contribution in [1.29, 1.82) is 0 Å². The maximum Gasteiger partial charge on any atom is 0.321 e. The molecule has 20 heavy (non-hydrogen) atoms. The van der Waals surface area contributed by atoms with Crippen LogP contribution in [0.2, 0.25) is 5.02 Å². The highest BCUT2D eigenvalue weighted by molar-refractivity contribution is 7.92. The molecule has 112 valence electrons. The quantitative estimate of drug-likeness (QED) is 0.748. The number of aliphatic carboxylic acids is 1. The van der Waals surface area contributed by atoms with E-state index in [1.54, 1.807) is 0 Å². The molecule has 0 aromatic heterocycles. The van der Waals surface area contributed by atoms with E-state index in [0.29, 0.717) is 11.4 Å². The van der Waals surface area contributed by atoms with Crippen LogP contribution in [-0.4, -0.2) is 31.0 Å². The minimum atomic E-state index is -3.52. The smallest absolute Gasteiger partial charge is 0.321 e. The molecule has 0 fully saturated rings. The van der Waals surface area contributed by atoms with Crippen molar-refractivity contribution < 1.29 is 18.3 Å². The summed E-state index contributed by atoms with van der Waals surface area (Å²) in [6.45, 7) is 0. The molecular weight excluding hydrogens is 300 g/mol. The molecule has 0 heterocycles. The van der Waals surface area contributed by atoms with Gasteiger partial charge in [-0.3, -0.25) is 4.79 Å². The van der Waals surface area contributed by atoms with Gasteiger partial charge in [0.1, 0.15) is 0 Å². The number of hydrogen-bond donors (Lipinski definition) is 1. The first-order valence-corrected chi connectivity index (χ1v) is 8.80. The minimum Gasteiger partial charge on any atom is -0.480 e. The van der Waals surface area contributed by atoms with E-state index < -0.39 is 21.1 Å². The molecular formula is C14H19ClO4S. The van der Waals surface area contributed by atoms with E-state index >= 15 is 0 Å². The molecule has 6 heteroatoms. The van der Waals surface area contributed by atoms with Crippen molar-refractivity contribution in [2.24, 2.45) is 0 Å². The Bertz CT molecular complexity index is 537. The topological polar surface area (TPSA) is 71.4 Å². The molecule has 1 aromatic rings. The van der Waals surface area contributed by atoms with Crippen molar-refractivity contribution in [3.05, 3.63) is 34.9 Å². The van der Waals surface area contributed by atoms with Crippen molar-refractivity contribution in [3.8, 4) is 0 Å². The average molecular weight is 319 g/mol. The number of benzene rings is 1. The van der Waals surface area contributed by atoms with Crippen molar-refractivity contribution in [3.63, 3.8) is 0 Å². The summed E-state index contributed by atoms with van der Waals surface area (Å²) in [5, 5.41) is 8.30. The van der Waals surface area contributed by atoms with Crippen LogP contribution < -0.4 is 0 Å². The monoisotopic (exact) mass is 318 g/mol. The fraction of sp³-hybridized carbons (Fsp3) is 0.500. The normalized spacial score (nSPS) is 13.1. The van der Waals surface area contributed by atoms with Crippen LogP contribution in [0, 0.1) is 0 Å². The summed E-state index contributed by atoms with van der Waals surface area (Å²) in [6.07, 6.45) is 4.33. The predicted molar refractivity (Wildman–Crippen MR) is 79.9 cm³/mol. The van der Waals surface area contributed by atoms with Gasteiger partial charge in [0.25, 0.3) is 0 Å². The minimum absolute atomic E-state index is 0.175. The van der Waals surface area contributed by atoms with Crippen molar-refractivity contribution in [1.82, 2.24) is 0 Å². The Kier molecular flexibility index (Phi) is 6.49. The van der Waals surface area contributed by atoms with Crippen molar-refractivity contribution in [2.45, 2.75) is 37.4 Å². The predicted octanol–water partition coefficient (Wildman–Crippen LogP) is 2.94. The number of unbranched alkanes of at least 4 members (excludes halogenated alkanes) is 2. The van der Waals surface area contributed by atoms with Crippen LogP contribution in [0.25, 0.3) is 0 Å². The molecule has 0 aliphatic rings. The Morgan fingerprint density at radius 3 is 2.30 bits per heavy atom. The molecule has 0 saturated heterocycles. The van der Waals surface area contributed by atoms with E-state index in [1.165, 1.54) is 5.56 Å². The van der Waals surface area contributed by atoms with Crippen LogP contribution in [0.3, 0.4) is 0 Å². The highest BCUT2D eigenvalue weighted by Crippen LogP contribution is 2.15. The lowest BCUT2D eigenvalue weighted by atomic mass is 10.1. The maximum absolute atomic E-state index is 11.3. The van der Waals surface area contributed by atoms with Gasteiger partial charge in [-0.25, -0.2) is 8.42 Å². The number of carbonyl (C=O) groups is 1. The SMILES string of the molecule is CS(=O)(=O)C(CCCCCc1ccc(Cl)cc1)C(=O)O. The largest absolute Gasteiger partial charge is 0.480 e. The summed E-state index contributed by atoms with van der Waals surface area (Å²) in [7, 11) is -3.52. The maximum atomic E-state index is 11.3. The van der Waals surface area contributed by atoms with Crippen LogP contribution in [0.5, 0.6) is 0 Å². The first-order chi connectivity index (χ1) is 9.30. The van der Waals surface area contributed by atoms with E-state index in [4.69, 9.17) is 16.7 Å². The zero-order chi connectivity index (χ0) is 15.2. The third-order valence-electron chi connectivity index (χ3n) is 3.14. The number of hydrogen-bond acceptors (Lipinski definition) is 3. The van der Waals surface area contributed by atoms with Crippen LogP contribution >= 0.6 is 11.6 Å². The second-order valence-electron chi connectivity index (χ2n) is 4.88. The lowest BCUT2D eigenvalue weighted by molar-refractivity contribution is -0.136. The van der Waals surface area contributed by atoms with Gasteiger partial charge in [0.2, 0.25) is 0 Å². The fourth-order valence-electron chi connectivity index (χ4n) is 2.01. The highest BCUT2D eigenvalue weighted by atomic mass is 35.5. The summed E-state index contributed by atoms with van der Waals surface area (Å²) >= 11 is 5.79. The van der Waals surface area contributed by atoms with Gasteiger partial charge in [-0.15, -0.1) is 0 Å². The number of aryl methyl sites for hydroxylation is 1. The summed E-state index contributed by atoms with van der Waals surface area (Å²) in [5.74, 6) is -1.26. The molecule has 0 amide bonds. The number of carboxylic acid groups (broad SMARTS) is 1. The third-order valence-corrected chi connectivity index (χ3v) is 4.86. The van der Waals surface area contributed by atoms with Gasteiger partial charge in [-0.1, -0.05) is 36.6 Å². The number of rotatable bonds is 8. The molecule has 1 unspecified atom stereocenters. The first-order valence-electron chi connectivity index (χ1n) is 6.47. The zero-order valence-electron chi connectivity index (χ0n) is 11.4. The third kappa shape index (κ3) is 5.92. The van der Waals surface area contributed by atoms with Crippen LogP contribution in [-0.2, 0) is 21.1 Å². The highest BCUT2D eigenvalue weighted by Gasteiger charge is 2.27. The lowest BCUT2D eigenvalue weighted by Gasteiger charge is -2.09. The number of sulfone groups is 1. The standard InChI is InChI=1S/C14H19ClO4S/c1-20(18,19)13(14(16)17)6-4-2-3-5-11-7-9-12(15)10-8-11/h7-10,13H,2-6H2,1H3,(H,16,17). The Hall–Kier alpha value is -1.07. The van der Waals surface area contributed by atoms with Crippen molar-refractivity contribution >= 4 is 27.4 Å². The van der Waals surface area contributed by atoms with E-state index in [9.17, 15) is 13.2 Å². The lowest BCUT2D eigenvalue weighted by Crippen LogP contribution is -2.29. The first kappa shape index (κ1) is 17.0. The average Bonchev–Trinajstić information content (AvgIpc) is 2.33. The summed E-state index contributed by atoms with van der Waals surface area (Å²) in [4.78, 5) is 10.9. The van der Waals surface area contributed by atoms with Gasteiger partial charge in [0.15, 0.2) is 15.1 Å². The molecule has 4 nitrogen and oxygen atoms in total. The molecule has 1 atom stereocenters. The molecule has 1 aromatic carbocycles. The Balaban J connectivity index is 2.31. The van der Waals surface area contributed by atoms with E-state index in [-0.39, 0.29) is 6.42 Å².